The number of rotatable bonds is 8. The first kappa shape index (κ1) is 19.0. The second kappa shape index (κ2) is 7.99. The number of nitrogens with one attached hydrogen (secondary N) is 1. The van der Waals surface area contributed by atoms with Gasteiger partial charge in [0.05, 0.1) is 6.04 Å². The standard InChI is InChI=1S/C18H27NO4/c1-12(2)10-18(4,5)17(22)19-13(3)14-6-8-15(9-7-14)23-11-16(20)21/h6-9,12-13H,10-11H2,1-5H3,(H,19,22)(H,20,21). The van der Waals surface area contributed by atoms with Crippen LogP contribution < -0.4 is 10.1 Å². The molecular formula is C18H27NO4. The number of benzene rings is 1. The SMILES string of the molecule is CC(C)CC(C)(C)C(=O)NC(C)c1ccc(OCC(=O)O)cc1. The van der Waals surface area contributed by atoms with Gasteiger partial charge in [0, 0.05) is 5.41 Å². The highest BCUT2D eigenvalue weighted by Gasteiger charge is 2.29. The Balaban J connectivity index is 2.65. The quantitative estimate of drug-likeness (QED) is 0.769. The number of hydrogen-bond donors (Lipinski definition) is 2. The number of amides is 1. The Morgan fingerprint density at radius 3 is 2.22 bits per heavy atom. The van der Waals surface area contributed by atoms with E-state index in [-0.39, 0.29) is 18.6 Å². The molecule has 0 aliphatic carbocycles. The number of carbonyl (C=O) groups is 2. The largest absolute Gasteiger partial charge is 0.482 e. The molecule has 0 aliphatic heterocycles. The maximum absolute atomic E-state index is 12.4. The van der Waals surface area contributed by atoms with Crippen LogP contribution in [0.3, 0.4) is 0 Å². The number of aliphatic carboxylic acids is 1. The third-order valence-electron chi connectivity index (χ3n) is 3.62. The summed E-state index contributed by atoms with van der Waals surface area (Å²) in [4.78, 5) is 22.9. The molecule has 23 heavy (non-hydrogen) atoms. The van der Waals surface area contributed by atoms with Crippen molar-refractivity contribution in [2.75, 3.05) is 6.61 Å². The second-order valence-electron chi connectivity index (χ2n) is 6.93. The van der Waals surface area contributed by atoms with Crippen molar-refractivity contribution in [2.45, 2.75) is 47.1 Å². The molecule has 0 radical (unpaired) electrons. The van der Waals surface area contributed by atoms with Gasteiger partial charge in [0.15, 0.2) is 6.61 Å². The third-order valence-corrected chi connectivity index (χ3v) is 3.62. The van der Waals surface area contributed by atoms with Crippen LogP contribution in [0.25, 0.3) is 0 Å². The Kier molecular flexibility index (Phi) is 6.61. The number of ether oxygens (including phenoxy) is 1. The van der Waals surface area contributed by atoms with Gasteiger partial charge < -0.3 is 15.2 Å². The van der Waals surface area contributed by atoms with Gasteiger partial charge in [-0.1, -0.05) is 39.8 Å². The lowest BCUT2D eigenvalue weighted by Gasteiger charge is -2.27. The van der Waals surface area contributed by atoms with Crippen molar-refractivity contribution < 1.29 is 19.4 Å². The molecule has 0 spiro atoms. The lowest BCUT2D eigenvalue weighted by molar-refractivity contribution is -0.139. The lowest BCUT2D eigenvalue weighted by Crippen LogP contribution is -2.39. The highest BCUT2D eigenvalue weighted by atomic mass is 16.5. The van der Waals surface area contributed by atoms with E-state index in [4.69, 9.17) is 9.84 Å². The Morgan fingerprint density at radius 2 is 1.74 bits per heavy atom. The van der Waals surface area contributed by atoms with Crippen molar-refractivity contribution in [1.29, 1.82) is 0 Å². The molecule has 0 bridgehead atoms. The molecule has 0 saturated carbocycles. The van der Waals surface area contributed by atoms with Crippen molar-refractivity contribution in [2.24, 2.45) is 11.3 Å². The summed E-state index contributed by atoms with van der Waals surface area (Å²) in [7, 11) is 0. The Bertz CT molecular complexity index is 534. The summed E-state index contributed by atoms with van der Waals surface area (Å²) < 4.78 is 5.09. The van der Waals surface area contributed by atoms with Crippen LogP contribution in [-0.2, 0) is 9.59 Å². The van der Waals surface area contributed by atoms with Gasteiger partial charge in [-0.05, 0) is 37.0 Å². The van der Waals surface area contributed by atoms with E-state index in [1.54, 1.807) is 12.1 Å². The minimum absolute atomic E-state index is 0.0323. The van der Waals surface area contributed by atoms with E-state index in [2.05, 4.69) is 19.2 Å². The van der Waals surface area contributed by atoms with Crippen molar-refractivity contribution in [1.82, 2.24) is 5.32 Å². The van der Waals surface area contributed by atoms with E-state index < -0.39 is 11.4 Å². The summed E-state index contributed by atoms with van der Waals surface area (Å²) in [5, 5.41) is 11.6. The summed E-state index contributed by atoms with van der Waals surface area (Å²) in [5.41, 5.74) is 0.536. The van der Waals surface area contributed by atoms with Crippen molar-refractivity contribution in [3.63, 3.8) is 0 Å². The first-order chi connectivity index (χ1) is 10.6. The molecule has 0 fully saturated rings. The molecule has 128 valence electrons. The maximum atomic E-state index is 12.4. The maximum Gasteiger partial charge on any atom is 0.341 e. The van der Waals surface area contributed by atoms with Gasteiger partial charge in [0.2, 0.25) is 5.91 Å². The van der Waals surface area contributed by atoms with E-state index in [1.807, 2.05) is 32.9 Å². The molecule has 2 N–H and O–H groups in total. The van der Waals surface area contributed by atoms with Crippen LogP contribution in [0, 0.1) is 11.3 Å². The normalized spacial score (nSPS) is 12.8. The topological polar surface area (TPSA) is 75.6 Å². The molecule has 0 heterocycles. The van der Waals surface area contributed by atoms with E-state index >= 15 is 0 Å². The second-order valence-corrected chi connectivity index (χ2v) is 6.93. The molecule has 1 atom stereocenters. The van der Waals surface area contributed by atoms with Crippen LogP contribution in [0.4, 0.5) is 0 Å². The smallest absolute Gasteiger partial charge is 0.341 e. The predicted molar refractivity (Wildman–Crippen MR) is 89.4 cm³/mol. The van der Waals surface area contributed by atoms with Crippen LogP contribution >= 0.6 is 0 Å². The number of carboxylic acids is 1. The minimum Gasteiger partial charge on any atom is -0.482 e. The summed E-state index contributed by atoms with van der Waals surface area (Å²) in [6.07, 6.45) is 0.827. The van der Waals surface area contributed by atoms with E-state index in [0.717, 1.165) is 12.0 Å². The van der Waals surface area contributed by atoms with E-state index in [9.17, 15) is 9.59 Å². The van der Waals surface area contributed by atoms with Gasteiger partial charge >= 0.3 is 5.97 Å². The van der Waals surface area contributed by atoms with Crippen molar-refractivity contribution in [3.8, 4) is 5.75 Å². The van der Waals surface area contributed by atoms with E-state index in [1.165, 1.54) is 0 Å². The monoisotopic (exact) mass is 321 g/mol. The molecule has 0 saturated heterocycles. The number of carboxylic acid groups (broad SMARTS) is 1. The van der Waals surface area contributed by atoms with Crippen LogP contribution in [0.1, 0.15) is 52.6 Å². The summed E-state index contributed by atoms with van der Waals surface area (Å²) in [5.74, 6) is -0.0291. The van der Waals surface area contributed by atoms with Gasteiger partial charge in [-0.25, -0.2) is 4.79 Å². The molecule has 1 aromatic rings. The van der Waals surface area contributed by atoms with Crippen molar-refractivity contribution in [3.05, 3.63) is 29.8 Å². The highest BCUT2D eigenvalue weighted by molar-refractivity contribution is 5.82. The van der Waals surface area contributed by atoms with E-state index in [0.29, 0.717) is 11.7 Å². The number of hydrogen-bond acceptors (Lipinski definition) is 3. The van der Waals surface area contributed by atoms with Crippen LogP contribution in [0.5, 0.6) is 5.75 Å². The molecule has 1 unspecified atom stereocenters. The average Bonchev–Trinajstić information content (AvgIpc) is 2.44. The average molecular weight is 321 g/mol. The summed E-state index contributed by atoms with van der Waals surface area (Å²) >= 11 is 0. The van der Waals surface area contributed by atoms with Crippen molar-refractivity contribution >= 4 is 11.9 Å². The Morgan fingerprint density at radius 1 is 1.17 bits per heavy atom. The molecule has 1 amide bonds. The van der Waals surface area contributed by atoms with Gasteiger partial charge in [-0.3, -0.25) is 4.79 Å². The fourth-order valence-electron chi connectivity index (χ4n) is 2.59. The van der Waals surface area contributed by atoms with Gasteiger partial charge in [-0.15, -0.1) is 0 Å². The molecule has 0 aliphatic rings. The lowest BCUT2D eigenvalue weighted by atomic mass is 9.83. The van der Waals surface area contributed by atoms with Gasteiger partial charge in [0.25, 0.3) is 0 Å². The predicted octanol–water partition coefficient (Wildman–Crippen LogP) is 3.40. The molecule has 1 rings (SSSR count). The van der Waals surface area contributed by atoms with Crippen LogP contribution in [0.2, 0.25) is 0 Å². The highest BCUT2D eigenvalue weighted by Crippen LogP contribution is 2.27. The zero-order valence-corrected chi connectivity index (χ0v) is 14.6. The van der Waals surface area contributed by atoms with Gasteiger partial charge in [0.1, 0.15) is 5.75 Å². The molecule has 0 aromatic heterocycles. The fraction of sp³-hybridized carbons (Fsp3) is 0.556. The third kappa shape index (κ3) is 6.30. The minimum atomic E-state index is -1.01. The zero-order valence-electron chi connectivity index (χ0n) is 14.6. The summed E-state index contributed by atoms with van der Waals surface area (Å²) in [6.45, 7) is 9.68. The summed E-state index contributed by atoms with van der Waals surface area (Å²) in [6, 6.07) is 6.96. The van der Waals surface area contributed by atoms with Gasteiger partial charge in [-0.2, -0.15) is 0 Å². The fourth-order valence-corrected chi connectivity index (χ4v) is 2.59. The molecule has 1 aromatic carbocycles. The molecule has 5 heteroatoms. The Labute approximate surface area is 138 Å². The molecular weight excluding hydrogens is 294 g/mol. The first-order valence-electron chi connectivity index (χ1n) is 7.87. The number of carbonyl (C=O) groups excluding carboxylic acids is 1. The van der Waals surface area contributed by atoms with Crippen LogP contribution in [-0.4, -0.2) is 23.6 Å². The molecule has 5 nitrogen and oxygen atoms in total. The first-order valence-corrected chi connectivity index (χ1v) is 7.87. The van der Waals surface area contributed by atoms with Crippen LogP contribution in [0.15, 0.2) is 24.3 Å². The Hall–Kier alpha value is -2.04. The zero-order chi connectivity index (χ0) is 17.6.